The molecule has 0 bridgehead atoms. The number of rotatable bonds is 5. The van der Waals surface area contributed by atoms with Gasteiger partial charge in [-0.2, -0.15) is 0 Å². The van der Waals surface area contributed by atoms with Crippen molar-refractivity contribution in [3.05, 3.63) is 35.4 Å². The Kier molecular flexibility index (Phi) is 4.77. The second kappa shape index (κ2) is 6.37. The van der Waals surface area contributed by atoms with Crippen LogP contribution in [-0.4, -0.2) is 39.8 Å². The predicted molar refractivity (Wildman–Crippen MR) is 76.3 cm³/mol. The highest BCUT2D eigenvalue weighted by atomic mass is 32.2. The number of carbonyl (C=O) groups is 1. The van der Waals surface area contributed by atoms with Gasteiger partial charge in [0, 0.05) is 25.0 Å². The molecule has 1 aliphatic rings. The van der Waals surface area contributed by atoms with Gasteiger partial charge in [-0.3, -0.25) is 4.79 Å². The third-order valence-corrected chi connectivity index (χ3v) is 3.99. The Hall–Kier alpha value is -1.40. The van der Waals surface area contributed by atoms with E-state index in [1.54, 1.807) is 24.3 Å². The fourth-order valence-corrected chi connectivity index (χ4v) is 3.00. The third kappa shape index (κ3) is 4.61. The van der Waals surface area contributed by atoms with E-state index in [2.05, 4.69) is 5.32 Å². The van der Waals surface area contributed by atoms with Crippen LogP contribution in [0.3, 0.4) is 0 Å². The van der Waals surface area contributed by atoms with Crippen LogP contribution in [0, 0.1) is 0 Å². The van der Waals surface area contributed by atoms with Gasteiger partial charge in [-0.1, -0.05) is 12.1 Å². The molecule has 0 unspecified atom stereocenters. The third-order valence-electron chi connectivity index (χ3n) is 3.13. The zero-order valence-electron chi connectivity index (χ0n) is 11.5. The first-order valence-corrected chi connectivity index (χ1v) is 8.66. The average molecular weight is 297 g/mol. The van der Waals surface area contributed by atoms with Gasteiger partial charge in [0.25, 0.3) is 5.91 Å². The molecule has 1 N–H and O–H groups in total. The number of nitrogens with one attached hydrogen (secondary N) is 1. The van der Waals surface area contributed by atoms with Crippen molar-refractivity contribution in [3.63, 3.8) is 0 Å². The topological polar surface area (TPSA) is 72.5 Å². The maximum Gasteiger partial charge on any atom is 0.251 e. The van der Waals surface area contributed by atoms with Gasteiger partial charge in [0.15, 0.2) is 9.84 Å². The van der Waals surface area contributed by atoms with Gasteiger partial charge in [0.2, 0.25) is 0 Å². The van der Waals surface area contributed by atoms with Gasteiger partial charge < -0.3 is 10.1 Å². The summed E-state index contributed by atoms with van der Waals surface area (Å²) >= 11 is 0. The van der Waals surface area contributed by atoms with Crippen molar-refractivity contribution >= 4 is 15.7 Å². The molecule has 0 aromatic heterocycles. The van der Waals surface area contributed by atoms with Crippen LogP contribution < -0.4 is 5.32 Å². The van der Waals surface area contributed by atoms with Crippen molar-refractivity contribution in [2.45, 2.75) is 24.7 Å². The molecule has 0 spiro atoms. The van der Waals surface area contributed by atoms with E-state index in [4.69, 9.17) is 4.74 Å². The lowest BCUT2D eigenvalue weighted by Gasteiger charge is -2.11. The normalized spacial score (nSPS) is 18.9. The highest BCUT2D eigenvalue weighted by Crippen LogP contribution is 2.12. The smallest absolute Gasteiger partial charge is 0.251 e. The molecule has 1 fully saturated rings. The van der Waals surface area contributed by atoms with Crippen LogP contribution >= 0.6 is 0 Å². The molecular weight excluding hydrogens is 278 g/mol. The predicted octanol–water partition coefficient (Wildman–Crippen LogP) is 1.14. The van der Waals surface area contributed by atoms with E-state index >= 15 is 0 Å². The number of hydrogen-bond acceptors (Lipinski definition) is 4. The lowest BCUT2D eigenvalue weighted by molar-refractivity contribution is 0.0857. The van der Waals surface area contributed by atoms with Crippen LogP contribution in [0.2, 0.25) is 0 Å². The maximum atomic E-state index is 12.0. The molecule has 1 aromatic rings. The zero-order valence-corrected chi connectivity index (χ0v) is 12.3. The van der Waals surface area contributed by atoms with Gasteiger partial charge in [0.1, 0.15) is 0 Å². The Morgan fingerprint density at radius 2 is 2.25 bits per heavy atom. The minimum absolute atomic E-state index is 0.0557. The molecule has 1 atom stereocenters. The molecular formula is C14H19NO4S. The average Bonchev–Trinajstić information content (AvgIpc) is 2.87. The number of ether oxygens (including phenoxy) is 1. The summed E-state index contributed by atoms with van der Waals surface area (Å²) in [5, 5.41) is 2.82. The Balaban J connectivity index is 1.96. The van der Waals surface area contributed by atoms with Gasteiger partial charge in [0.05, 0.1) is 11.9 Å². The lowest BCUT2D eigenvalue weighted by atomic mass is 10.1. The van der Waals surface area contributed by atoms with E-state index in [9.17, 15) is 13.2 Å². The molecule has 1 saturated heterocycles. The van der Waals surface area contributed by atoms with Crippen molar-refractivity contribution in [1.29, 1.82) is 0 Å². The summed E-state index contributed by atoms with van der Waals surface area (Å²) in [6.45, 7) is 1.25. The minimum Gasteiger partial charge on any atom is -0.376 e. The van der Waals surface area contributed by atoms with Crippen LogP contribution in [0.15, 0.2) is 24.3 Å². The molecule has 0 aliphatic carbocycles. The van der Waals surface area contributed by atoms with E-state index in [0.29, 0.717) is 17.7 Å². The van der Waals surface area contributed by atoms with Crippen LogP contribution in [0.25, 0.3) is 0 Å². The Morgan fingerprint density at radius 3 is 2.90 bits per heavy atom. The lowest BCUT2D eigenvalue weighted by Crippen LogP contribution is -2.31. The van der Waals surface area contributed by atoms with Crippen LogP contribution in [0.1, 0.15) is 28.8 Å². The van der Waals surface area contributed by atoms with Crippen molar-refractivity contribution in [1.82, 2.24) is 5.32 Å². The van der Waals surface area contributed by atoms with Crippen molar-refractivity contribution in [2.24, 2.45) is 0 Å². The first kappa shape index (κ1) is 15.0. The number of amides is 1. The van der Waals surface area contributed by atoms with E-state index < -0.39 is 9.84 Å². The summed E-state index contributed by atoms with van der Waals surface area (Å²) in [6, 6.07) is 6.70. The zero-order chi connectivity index (χ0) is 14.6. The van der Waals surface area contributed by atoms with E-state index in [1.807, 2.05) is 0 Å². The molecule has 6 heteroatoms. The fraction of sp³-hybridized carbons (Fsp3) is 0.500. The monoisotopic (exact) mass is 297 g/mol. The Morgan fingerprint density at radius 1 is 1.45 bits per heavy atom. The number of hydrogen-bond donors (Lipinski definition) is 1. The minimum atomic E-state index is -3.10. The maximum absolute atomic E-state index is 12.0. The van der Waals surface area contributed by atoms with E-state index in [1.165, 1.54) is 6.26 Å². The summed E-state index contributed by atoms with van der Waals surface area (Å²) in [6.07, 6.45) is 3.27. The molecule has 2 rings (SSSR count). The quantitative estimate of drug-likeness (QED) is 0.884. The molecule has 20 heavy (non-hydrogen) atoms. The summed E-state index contributed by atoms with van der Waals surface area (Å²) in [7, 11) is -3.10. The van der Waals surface area contributed by atoms with Crippen LogP contribution in [-0.2, 0) is 20.3 Å². The molecule has 110 valence electrons. The van der Waals surface area contributed by atoms with Crippen molar-refractivity contribution in [3.8, 4) is 0 Å². The number of carbonyl (C=O) groups excluding carboxylic acids is 1. The largest absolute Gasteiger partial charge is 0.376 e. The molecule has 5 nitrogen and oxygen atoms in total. The first-order chi connectivity index (χ1) is 9.44. The molecule has 0 radical (unpaired) electrons. The molecule has 1 amide bonds. The highest BCUT2D eigenvalue weighted by Gasteiger charge is 2.17. The molecule has 1 aromatic carbocycles. The first-order valence-electron chi connectivity index (χ1n) is 6.60. The van der Waals surface area contributed by atoms with E-state index in [0.717, 1.165) is 19.4 Å². The SMILES string of the molecule is CS(=O)(=O)Cc1cccc(C(=O)NC[C@@H]2CCCO2)c1. The van der Waals surface area contributed by atoms with Crippen molar-refractivity contribution < 1.29 is 17.9 Å². The summed E-state index contributed by atoms with van der Waals surface area (Å²) in [4.78, 5) is 12.0. The van der Waals surface area contributed by atoms with Crippen LogP contribution in [0.4, 0.5) is 0 Å². The second-order valence-electron chi connectivity index (χ2n) is 5.12. The van der Waals surface area contributed by atoms with Crippen LogP contribution in [0.5, 0.6) is 0 Å². The van der Waals surface area contributed by atoms with Gasteiger partial charge in [-0.05, 0) is 30.5 Å². The van der Waals surface area contributed by atoms with Gasteiger partial charge >= 0.3 is 0 Å². The molecule has 1 aliphatic heterocycles. The Bertz CT molecular complexity index is 577. The fourth-order valence-electron chi connectivity index (χ4n) is 2.22. The van der Waals surface area contributed by atoms with E-state index in [-0.39, 0.29) is 17.8 Å². The summed E-state index contributed by atoms with van der Waals surface area (Å²) in [5.41, 5.74) is 1.10. The molecule has 1 heterocycles. The number of sulfone groups is 1. The molecule has 0 saturated carbocycles. The van der Waals surface area contributed by atoms with Gasteiger partial charge in [-0.15, -0.1) is 0 Å². The Labute approximate surface area is 119 Å². The highest BCUT2D eigenvalue weighted by molar-refractivity contribution is 7.89. The standard InChI is InChI=1S/C14H19NO4S/c1-20(17,18)10-11-4-2-5-12(8-11)14(16)15-9-13-6-3-7-19-13/h2,4-5,8,13H,3,6-7,9-10H2,1H3,(H,15,16)/t13-/m0/s1. The van der Waals surface area contributed by atoms with Crippen molar-refractivity contribution in [2.75, 3.05) is 19.4 Å². The number of benzene rings is 1. The second-order valence-corrected chi connectivity index (χ2v) is 7.26. The van der Waals surface area contributed by atoms with Gasteiger partial charge in [-0.25, -0.2) is 8.42 Å². The summed E-state index contributed by atoms with van der Waals surface area (Å²) < 4.78 is 28.0. The summed E-state index contributed by atoms with van der Waals surface area (Å²) in [5.74, 6) is -0.254.